The highest BCUT2D eigenvalue weighted by Gasteiger charge is 2.25. The third-order valence-corrected chi connectivity index (χ3v) is 5.10. The summed E-state index contributed by atoms with van der Waals surface area (Å²) in [7, 11) is 1.79. The van der Waals surface area contributed by atoms with Crippen molar-refractivity contribution < 1.29 is 4.79 Å². The number of rotatable bonds is 5. The fraction of sp³-hybridized carbons (Fsp3) is 0.500. The number of nitrogens with one attached hydrogen (secondary N) is 3. The van der Waals surface area contributed by atoms with Gasteiger partial charge in [0.25, 0.3) is 0 Å². The minimum Gasteiger partial charge on any atom is -0.358 e. The van der Waals surface area contributed by atoms with Crippen LogP contribution in [0, 0.1) is 6.92 Å². The van der Waals surface area contributed by atoms with Crippen molar-refractivity contribution in [2.45, 2.75) is 39.2 Å². The first kappa shape index (κ1) is 18.3. The Labute approximate surface area is 155 Å². The summed E-state index contributed by atoms with van der Waals surface area (Å²) in [6.07, 6.45) is 2.47. The molecule has 1 aliphatic heterocycles. The van der Waals surface area contributed by atoms with Gasteiger partial charge in [-0.2, -0.15) is 0 Å². The van der Waals surface area contributed by atoms with E-state index in [4.69, 9.17) is 0 Å². The summed E-state index contributed by atoms with van der Waals surface area (Å²) in [5.74, 6) is 1.03. The summed E-state index contributed by atoms with van der Waals surface area (Å²) < 4.78 is 0. The Hall–Kier alpha value is -2.50. The van der Waals surface area contributed by atoms with Crippen molar-refractivity contribution in [2.24, 2.45) is 4.99 Å². The molecule has 1 atom stereocenters. The third-order valence-electron chi connectivity index (χ3n) is 5.10. The van der Waals surface area contributed by atoms with Crippen molar-refractivity contribution in [2.75, 3.05) is 26.7 Å². The second-order valence-electron chi connectivity index (χ2n) is 6.85. The van der Waals surface area contributed by atoms with Crippen molar-refractivity contribution in [3.05, 3.63) is 35.5 Å². The number of hydrogen-bond donors (Lipinski definition) is 3. The molecule has 0 bridgehead atoms. The molecular weight excluding hydrogens is 326 g/mol. The molecule has 0 spiro atoms. The number of benzene rings is 1. The fourth-order valence-electron chi connectivity index (χ4n) is 3.68. The first-order chi connectivity index (χ1) is 12.6. The predicted octanol–water partition coefficient (Wildman–Crippen LogP) is 2.19. The summed E-state index contributed by atoms with van der Waals surface area (Å²) in [5, 5.41) is 8.14. The first-order valence-corrected chi connectivity index (χ1v) is 9.43. The van der Waals surface area contributed by atoms with Gasteiger partial charge in [-0.3, -0.25) is 9.79 Å². The lowest BCUT2D eigenvalue weighted by Crippen LogP contribution is -2.45. The Morgan fingerprint density at radius 1 is 1.38 bits per heavy atom. The van der Waals surface area contributed by atoms with Gasteiger partial charge < -0.3 is 20.5 Å². The highest BCUT2D eigenvalue weighted by atomic mass is 16.2. The normalized spacial score (nSPS) is 17.7. The van der Waals surface area contributed by atoms with Crippen molar-refractivity contribution in [1.29, 1.82) is 0 Å². The molecule has 6 heteroatoms. The fourth-order valence-corrected chi connectivity index (χ4v) is 3.68. The molecule has 1 fully saturated rings. The van der Waals surface area contributed by atoms with Crippen LogP contribution in [0.25, 0.3) is 10.9 Å². The number of amides is 1. The number of aryl methyl sites for hydroxylation is 1. The molecule has 3 N–H and O–H groups in total. The largest absolute Gasteiger partial charge is 0.358 e. The van der Waals surface area contributed by atoms with Crippen molar-refractivity contribution in [3.8, 4) is 0 Å². The lowest BCUT2D eigenvalue weighted by Gasteiger charge is -2.18. The van der Waals surface area contributed by atoms with Crippen LogP contribution in [0.5, 0.6) is 0 Å². The van der Waals surface area contributed by atoms with Crippen LogP contribution < -0.4 is 10.6 Å². The quantitative estimate of drug-likeness (QED) is 0.569. The van der Waals surface area contributed by atoms with Crippen LogP contribution in [0.4, 0.5) is 0 Å². The molecule has 26 heavy (non-hydrogen) atoms. The van der Waals surface area contributed by atoms with Gasteiger partial charge in [-0.15, -0.1) is 0 Å². The van der Waals surface area contributed by atoms with E-state index < -0.39 is 0 Å². The molecule has 0 saturated carbocycles. The maximum atomic E-state index is 11.8. The lowest BCUT2D eigenvalue weighted by atomic mass is 10.1. The number of aromatic nitrogens is 1. The molecule has 3 rings (SSSR count). The number of para-hydroxylation sites is 1. The Morgan fingerprint density at radius 2 is 2.19 bits per heavy atom. The van der Waals surface area contributed by atoms with Crippen LogP contribution in [-0.4, -0.2) is 54.5 Å². The molecule has 1 aromatic heterocycles. The minimum absolute atomic E-state index is 0.229. The smallest absolute Gasteiger partial charge is 0.222 e. The van der Waals surface area contributed by atoms with E-state index in [0.29, 0.717) is 6.42 Å². The average Bonchev–Trinajstić information content (AvgIpc) is 3.24. The topological polar surface area (TPSA) is 72.5 Å². The molecule has 1 aliphatic rings. The third kappa shape index (κ3) is 4.00. The molecule has 2 heterocycles. The van der Waals surface area contributed by atoms with Crippen LogP contribution in [0.3, 0.4) is 0 Å². The molecule has 1 saturated heterocycles. The number of aromatic amines is 1. The van der Waals surface area contributed by atoms with Gasteiger partial charge in [-0.05, 0) is 31.4 Å². The predicted molar refractivity (Wildman–Crippen MR) is 107 cm³/mol. The number of fused-ring (bicyclic) bond motifs is 1. The number of carbonyl (C=O) groups excluding carboxylic acids is 1. The molecule has 6 nitrogen and oxygen atoms in total. The minimum atomic E-state index is 0.229. The van der Waals surface area contributed by atoms with Crippen LogP contribution in [0.15, 0.2) is 29.3 Å². The first-order valence-electron chi connectivity index (χ1n) is 9.43. The van der Waals surface area contributed by atoms with E-state index >= 15 is 0 Å². The highest BCUT2D eigenvalue weighted by Crippen LogP contribution is 2.21. The maximum Gasteiger partial charge on any atom is 0.222 e. The standard InChI is InChI=1S/C20H29N5O/c1-4-19(26)25-12-10-15(13-25)24-20(21-3)22-11-9-16-14(2)23-18-8-6-5-7-17(16)18/h5-8,15,23H,4,9-13H2,1-3H3,(H2,21,22,24). The number of likely N-dealkylation sites (tertiary alicyclic amines) is 1. The second kappa shape index (κ2) is 8.25. The van der Waals surface area contributed by atoms with Crippen LogP contribution in [0.2, 0.25) is 0 Å². The number of guanidine groups is 1. The van der Waals surface area contributed by atoms with E-state index in [1.165, 1.54) is 22.2 Å². The van der Waals surface area contributed by atoms with Gasteiger partial charge in [0.15, 0.2) is 5.96 Å². The van der Waals surface area contributed by atoms with Gasteiger partial charge in [-0.25, -0.2) is 0 Å². The molecule has 0 aliphatic carbocycles. The summed E-state index contributed by atoms with van der Waals surface area (Å²) in [4.78, 5) is 21.5. The maximum absolute atomic E-state index is 11.8. The molecule has 1 unspecified atom stereocenters. The van der Waals surface area contributed by atoms with E-state index in [0.717, 1.165) is 38.4 Å². The van der Waals surface area contributed by atoms with E-state index in [2.05, 4.69) is 51.8 Å². The van der Waals surface area contributed by atoms with Gasteiger partial charge in [0.05, 0.1) is 0 Å². The molecule has 2 aromatic rings. The number of H-pyrrole nitrogens is 1. The van der Waals surface area contributed by atoms with E-state index in [1.807, 2.05) is 11.8 Å². The number of carbonyl (C=O) groups is 1. The summed E-state index contributed by atoms with van der Waals surface area (Å²) in [6.45, 7) is 6.44. The average molecular weight is 355 g/mol. The Bertz CT molecular complexity index is 795. The number of nitrogens with zero attached hydrogens (tertiary/aromatic N) is 2. The Balaban J connectivity index is 1.52. The van der Waals surface area contributed by atoms with Crippen molar-refractivity contribution >= 4 is 22.8 Å². The molecule has 140 valence electrons. The zero-order valence-electron chi connectivity index (χ0n) is 15.9. The number of hydrogen-bond acceptors (Lipinski definition) is 2. The zero-order chi connectivity index (χ0) is 18.5. The molecule has 1 amide bonds. The highest BCUT2D eigenvalue weighted by molar-refractivity contribution is 5.85. The van der Waals surface area contributed by atoms with Crippen molar-refractivity contribution in [1.82, 2.24) is 20.5 Å². The molecule has 1 aromatic carbocycles. The van der Waals surface area contributed by atoms with Gasteiger partial charge in [-0.1, -0.05) is 25.1 Å². The van der Waals surface area contributed by atoms with Gasteiger partial charge >= 0.3 is 0 Å². The Morgan fingerprint density at radius 3 is 2.96 bits per heavy atom. The summed E-state index contributed by atoms with van der Waals surface area (Å²) in [6, 6.07) is 8.69. The summed E-state index contributed by atoms with van der Waals surface area (Å²) in [5.41, 5.74) is 3.76. The zero-order valence-corrected chi connectivity index (χ0v) is 15.9. The van der Waals surface area contributed by atoms with E-state index in [-0.39, 0.29) is 11.9 Å². The number of aliphatic imine (C=N–C) groups is 1. The molecular formula is C20H29N5O. The Kier molecular flexibility index (Phi) is 5.81. The van der Waals surface area contributed by atoms with Gasteiger partial charge in [0.2, 0.25) is 5.91 Å². The van der Waals surface area contributed by atoms with Crippen LogP contribution in [0.1, 0.15) is 31.0 Å². The monoisotopic (exact) mass is 355 g/mol. The molecule has 0 radical (unpaired) electrons. The second-order valence-corrected chi connectivity index (χ2v) is 6.85. The SMILES string of the molecule is CCC(=O)N1CCC(NC(=NC)NCCc2c(C)[nH]c3ccccc23)C1. The van der Waals surface area contributed by atoms with E-state index in [1.54, 1.807) is 7.05 Å². The lowest BCUT2D eigenvalue weighted by molar-refractivity contribution is -0.129. The van der Waals surface area contributed by atoms with Crippen LogP contribution in [-0.2, 0) is 11.2 Å². The summed E-state index contributed by atoms with van der Waals surface area (Å²) >= 11 is 0. The van der Waals surface area contributed by atoms with Crippen LogP contribution >= 0.6 is 0 Å². The van der Waals surface area contributed by atoms with Gasteiger partial charge in [0.1, 0.15) is 0 Å². The van der Waals surface area contributed by atoms with Crippen molar-refractivity contribution in [3.63, 3.8) is 0 Å². The van der Waals surface area contributed by atoms with E-state index in [9.17, 15) is 4.79 Å². The van der Waals surface area contributed by atoms with Gasteiger partial charge in [0, 0.05) is 55.7 Å².